The maximum Gasteiger partial charge on any atom is 0.203 e. The predicted octanol–water partition coefficient (Wildman–Crippen LogP) is 2.90. The van der Waals surface area contributed by atoms with Crippen LogP contribution in [-0.2, 0) is 11.0 Å². The third kappa shape index (κ3) is 7.71. The number of nitriles is 1. The van der Waals surface area contributed by atoms with Gasteiger partial charge in [-0.2, -0.15) is 5.26 Å². The van der Waals surface area contributed by atoms with Crippen LogP contribution in [0.2, 0.25) is 0 Å². The zero-order valence-electron chi connectivity index (χ0n) is 14.7. The second kappa shape index (κ2) is 10.1. The van der Waals surface area contributed by atoms with Crippen LogP contribution >= 0.6 is 7.37 Å². The lowest BCUT2D eigenvalue weighted by Gasteiger charge is -2.25. The fourth-order valence-corrected chi connectivity index (χ4v) is 5.60. The van der Waals surface area contributed by atoms with E-state index in [4.69, 9.17) is 5.26 Å². The van der Waals surface area contributed by atoms with Gasteiger partial charge in [0.05, 0.1) is 23.9 Å². The lowest BCUT2D eigenvalue weighted by Crippen LogP contribution is -2.31. The topological polar surface area (TPSA) is 93.4 Å². The number of aliphatic hydroxyl groups excluding tert-OH is 1. The number of aliphatic hydroxyl groups is 1. The molecular formula is C19H29N2O3P. The van der Waals surface area contributed by atoms with Gasteiger partial charge < -0.3 is 15.3 Å². The Hall–Kier alpha value is -1.18. The van der Waals surface area contributed by atoms with Crippen LogP contribution in [0.1, 0.15) is 43.2 Å². The van der Waals surface area contributed by atoms with Crippen molar-refractivity contribution in [2.45, 2.75) is 44.6 Å². The summed E-state index contributed by atoms with van der Waals surface area (Å²) in [6.45, 7) is 1.01. The minimum absolute atomic E-state index is 0.0205. The molecule has 1 unspecified atom stereocenters. The minimum atomic E-state index is -3.25. The number of nitrogens with zero attached hydrogens (tertiary/aromatic N) is 1. The SMILES string of the molecule is N#Cc1ccc(CCNC[C@H](O)CP(=O)(O)CC2CCCCC2)cc1. The Morgan fingerprint density at radius 3 is 2.56 bits per heavy atom. The summed E-state index contributed by atoms with van der Waals surface area (Å²) >= 11 is 0. The van der Waals surface area contributed by atoms with Crippen LogP contribution in [0.3, 0.4) is 0 Å². The van der Waals surface area contributed by atoms with Crippen molar-refractivity contribution in [1.29, 1.82) is 5.26 Å². The average molecular weight is 364 g/mol. The zero-order chi connectivity index (χ0) is 18.1. The molecule has 1 aliphatic carbocycles. The Morgan fingerprint density at radius 2 is 1.92 bits per heavy atom. The van der Waals surface area contributed by atoms with Gasteiger partial charge in [0.25, 0.3) is 0 Å². The van der Waals surface area contributed by atoms with Crippen molar-refractivity contribution in [3.8, 4) is 6.07 Å². The maximum absolute atomic E-state index is 12.3. The number of hydrogen-bond acceptors (Lipinski definition) is 4. The average Bonchev–Trinajstić information content (AvgIpc) is 2.59. The molecular weight excluding hydrogens is 335 g/mol. The van der Waals surface area contributed by atoms with Crippen LogP contribution < -0.4 is 5.32 Å². The lowest BCUT2D eigenvalue weighted by atomic mass is 9.91. The van der Waals surface area contributed by atoms with Gasteiger partial charge in [0, 0.05) is 12.7 Å². The highest BCUT2D eigenvalue weighted by atomic mass is 31.2. The Labute approximate surface area is 150 Å². The van der Waals surface area contributed by atoms with Crippen molar-refractivity contribution >= 4 is 7.37 Å². The van der Waals surface area contributed by atoms with Crippen molar-refractivity contribution in [2.24, 2.45) is 5.92 Å². The highest BCUT2D eigenvalue weighted by Crippen LogP contribution is 2.45. The number of benzene rings is 1. The van der Waals surface area contributed by atoms with E-state index in [0.29, 0.717) is 30.7 Å². The highest BCUT2D eigenvalue weighted by Gasteiger charge is 2.27. The van der Waals surface area contributed by atoms with E-state index in [1.54, 1.807) is 12.1 Å². The van der Waals surface area contributed by atoms with Crippen LogP contribution in [0.25, 0.3) is 0 Å². The summed E-state index contributed by atoms with van der Waals surface area (Å²) in [4.78, 5) is 10.2. The first kappa shape index (κ1) is 20.1. The Bertz CT molecular complexity index is 606. The normalized spacial score (nSPS) is 19.1. The quantitative estimate of drug-likeness (QED) is 0.463. The number of hydrogen-bond donors (Lipinski definition) is 3. The van der Waals surface area contributed by atoms with Crippen molar-refractivity contribution in [1.82, 2.24) is 5.32 Å². The monoisotopic (exact) mass is 364 g/mol. The second-order valence-electron chi connectivity index (χ2n) is 7.13. The molecule has 3 N–H and O–H groups in total. The van der Waals surface area contributed by atoms with E-state index < -0.39 is 13.5 Å². The minimum Gasteiger partial charge on any atom is -0.391 e. The molecule has 0 amide bonds. The van der Waals surface area contributed by atoms with E-state index in [-0.39, 0.29) is 6.16 Å². The van der Waals surface area contributed by atoms with Gasteiger partial charge in [0.1, 0.15) is 0 Å². The molecule has 2 atom stereocenters. The largest absolute Gasteiger partial charge is 0.391 e. The smallest absolute Gasteiger partial charge is 0.203 e. The summed E-state index contributed by atoms with van der Waals surface area (Å²) in [6, 6.07) is 9.51. The third-order valence-electron chi connectivity index (χ3n) is 4.82. The number of rotatable bonds is 9. The first-order valence-electron chi connectivity index (χ1n) is 9.17. The first-order valence-corrected chi connectivity index (χ1v) is 11.2. The molecule has 1 aromatic carbocycles. The van der Waals surface area contributed by atoms with Gasteiger partial charge in [-0.1, -0.05) is 31.4 Å². The Kier molecular flexibility index (Phi) is 8.12. The van der Waals surface area contributed by atoms with Crippen LogP contribution in [0, 0.1) is 17.2 Å². The molecule has 1 fully saturated rings. The van der Waals surface area contributed by atoms with Crippen LogP contribution in [0.5, 0.6) is 0 Å². The van der Waals surface area contributed by atoms with E-state index in [9.17, 15) is 14.6 Å². The molecule has 0 spiro atoms. The standard InChI is InChI=1S/C19H29N2O3P/c20-12-17-8-6-16(7-9-17)10-11-21-13-19(22)15-25(23,24)14-18-4-2-1-3-5-18/h6-9,18-19,21-22H,1-5,10-11,13-15H2,(H,23,24)/t19-/m0/s1. The first-order chi connectivity index (χ1) is 12.0. The van der Waals surface area contributed by atoms with Crippen LogP contribution in [-0.4, -0.2) is 41.5 Å². The molecule has 0 radical (unpaired) electrons. The molecule has 1 saturated carbocycles. The van der Waals surface area contributed by atoms with Crippen molar-refractivity contribution in [3.63, 3.8) is 0 Å². The molecule has 25 heavy (non-hydrogen) atoms. The Morgan fingerprint density at radius 1 is 1.24 bits per heavy atom. The van der Waals surface area contributed by atoms with E-state index >= 15 is 0 Å². The fraction of sp³-hybridized carbons (Fsp3) is 0.632. The molecule has 0 bridgehead atoms. The van der Waals surface area contributed by atoms with Gasteiger partial charge >= 0.3 is 0 Å². The van der Waals surface area contributed by atoms with E-state index in [1.165, 1.54) is 6.42 Å². The van der Waals surface area contributed by atoms with Crippen molar-refractivity contribution in [3.05, 3.63) is 35.4 Å². The van der Waals surface area contributed by atoms with E-state index in [0.717, 1.165) is 37.7 Å². The van der Waals surface area contributed by atoms with Gasteiger partial charge in [0.2, 0.25) is 7.37 Å². The molecule has 0 aliphatic heterocycles. The van der Waals surface area contributed by atoms with Crippen LogP contribution in [0.4, 0.5) is 0 Å². The number of nitrogens with one attached hydrogen (secondary N) is 1. The molecule has 0 aromatic heterocycles. The molecule has 2 rings (SSSR count). The fourth-order valence-electron chi connectivity index (χ4n) is 3.49. The van der Waals surface area contributed by atoms with Crippen molar-refractivity contribution in [2.75, 3.05) is 25.4 Å². The van der Waals surface area contributed by atoms with Crippen molar-refractivity contribution < 1.29 is 14.6 Å². The molecule has 0 heterocycles. The second-order valence-corrected chi connectivity index (χ2v) is 9.56. The molecule has 0 saturated heterocycles. The predicted molar refractivity (Wildman–Crippen MR) is 99.9 cm³/mol. The van der Waals surface area contributed by atoms with Gasteiger partial charge in [-0.15, -0.1) is 0 Å². The lowest BCUT2D eigenvalue weighted by molar-refractivity contribution is 0.190. The highest BCUT2D eigenvalue weighted by molar-refractivity contribution is 7.58. The summed E-state index contributed by atoms with van der Waals surface area (Å²) in [5, 5.41) is 22.0. The molecule has 1 aromatic rings. The summed E-state index contributed by atoms with van der Waals surface area (Å²) in [5.74, 6) is 0.348. The van der Waals surface area contributed by atoms with Gasteiger partial charge in [-0.3, -0.25) is 4.57 Å². The molecule has 5 nitrogen and oxygen atoms in total. The summed E-state index contributed by atoms with van der Waals surface area (Å²) in [7, 11) is -3.25. The molecule has 138 valence electrons. The summed E-state index contributed by atoms with van der Waals surface area (Å²) in [5.41, 5.74) is 1.76. The third-order valence-corrected chi connectivity index (χ3v) is 6.90. The Balaban J connectivity index is 1.64. The molecule has 1 aliphatic rings. The van der Waals surface area contributed by atoms with Gasteiger partial charge in [-0.05, 0) is 49.4 Å². The van der Waals surface area contributed by atoms with E-state index in [1.807, 2.05) is 12.1 Å². The summed E-state index contributed by atoms with van der Waals surface area (Å²) in [6.07, 6.45) is 5.97. The van der Waals surface area contributed by atoms with Gasteiger partial charge in [-0.25, -0.2) is 0 Å². The molecule has 6 heteroatoms. The van der Waals surface area contributed by atoms with Gasteiger partial charge in [0.15, 0.2) is 0 Å². The van der Waals surface area contributed by atoms with E-state index in [2.05, 4.69) is 11.4 Å². The summed E-state index contributed by atoms with van der Waals surface area (Å²) < 4.78 is 12.3. The van der Waals surface area contributed by atoms with Crippen LogP contribution in [0.15, 0.2) is 24.3 Å². The zero-order valence-corrected chi connectivity index (χ0v) is 15.6. The maximum atomic E-state index is 12.3.